The van der Waals surface area contributed by atoms with Crippen LogP contribution in [0.3, 0.4) is 0 Å². The fourth-order valence-electron chi connectivity index (χ4n) is 1.49. The van der Waals surface area contributed by atoms with Crippen molar-refractivity contribution in [1.82, 2.24) is 0 Å². The minimum Gasteiger partial charge on any atom is -0.495 e. The highest BCUT2D eigenvalue weighted by Gasteiger charge is 2.21. The number of ether oxygens (including phenoxy) is 3. The van der Waals surface area contributed by atoms with Crippen molar-refractivity contribution in [2.24, 2.45) is 0 Å². The molecule has 2 N–H and O–H groups in total. The van der Waals surface area contributed by atoms with Crippen LogP contribution in [0.1, 0.15) is 10.4 Å². The van der Waals surface area contributed by atoms with Crippen LogP contribution in [-0.2, 0) is 4.74 Å². The highest BCUT2D eigenvalue weighted by atomic mass is 32.2. The topological polar surface area (TPSA) is 70.8 Å². The number of thioether (sulfide) groups is 1. The molecule has 0 atom stereocenters. The third-order valence-corrected chi connectivity index (χ3v) is 3.10. The first-order chi connectivity index (χ1) is 8.10. The van der Waals surface area contributed by atoms with Crippen LogP contribution in [0.5, 0.6) is 11.5 Å². The average molecular weight is 257 g/mol. The van der Waals surface area contributed by atoms with Crippen molar-refractivity contribution in [3.8, 4) is 11.5 Å². The van der Waals surface area contributed by atoms with E-state index >= 15 is 0 Å². The van der Waals surface area contributed by atoms with E-state index in [9.17, 15) is 4.79 Å². The Morgan fingerprint density at radius 2 is 1.94 bits per heavy atom. The fraction of sp³-hybridized carbons (Fsp3) is 0.364. The molecule has 0 saturated carbocycles. The van der Waals surface area contributed by atoms with Crippen LogP contribution in [0.2, 0.25) is 0 Å². The summed E-state index contributed by atoms with van der Waals surface area (Å²) in [5.74, 6) is 0.317. The Bertz CT molecular complexity index is 434. The summed E-state index contributed by atoms with van der Waals surface area (Å²) in [6.07, 6.45) is 1.87. The zero-order valence-corrected chi connectivity index (χ0v) is 11.0. The van der Waals surface area contributed by atoms with Crippen LogP contribution in [0.25, 0.3) is 0 Å². The van der Waals surface area contributed by atoms with Gasteiger partial charge in [0.1, 0.15) is 11.3 Å². The third kappa shape index (κ3) is 2.41. The van der Waals surface area contributed by atoms with Crippen molar-refractivity contribution in [2.45, 2.75) is 4.90 Å². The second-order valence-electron chi connectivity index (χ2n) is 3.10. The molecule has 17 heavy (non-hydrogen) atoms. The molecule has 0 saturated heterocycles. The Morgan fingerprint density at radius 3 is 2.35 bits per heavy atom. The number of nitrogens with two attached hydrogens (primary N) is 1. The maximum Gasteiger partial charge on any atom is 0.341 e. The molecular weight excluding hydrogens is 242 g/mol. The lowest BCUT2D eigenvalue weighted by Gasteiger charge is -2.15. The van der Waals surface area contributed by atoms with Gasteiger partial charge in [-0.2, -0.15) is 0 Å². The first kappa shape index (κ1) is 13.5. The van der Waals surface area contributed by atoms with Gasteiger partial charge >= 0.3 is 5.97 Å². The Morgan fingerprint density at radius 1 is 1.29 bits per heavy atom. The lowest BCUT2D eigenvalue weighted by molar-refractivity contribution is 0.0596. The highest BCUT2D eigenvalue weighted by molar-refractivity contribution is 7.98. The van der Waals surface area contributed by atoms with Crippen LogP contribution in [0.15, 0.2) is 11.0 Å². The van der Waals surface area contributed by atoms with Gasteiger partial charge in [0.15, 0.2) is 5.75 Å². The number of nitrogen functional groups attached to an aromatic ring is 1. The SMILES string of the molecule is COC(=O)c1cc(OC)c(SC)c(N)c1OC. The molecule has 94 valence electrons. The number of hydrogen-bond acceptors (Lipinski definition) is 6. The van der Waals surface area contributed by atoms with Crippen molar-refractivity contribution in [2.75, 3.05) is 33.3 Å². The number of anilines is 1. The Balaban J connectivity index is 3.50. The maximum atomic E-state index is 11.6. The van der Waals surface area contributed by atoms with E-state index in [0.29, 0.717) is 17.2 Å². The lowest BCUT2D eigenvalue weighted by atomic mass is 10.1. The summed E-state index contributed by atoms with van der Waals surface area (Å²) in [4.78, 5) is 12.3. The quantitative estimate of drug-likeness (QED) is 0.504. The van der Waals surface area contributed by atoms with Gasteiger partial charge in [-0.05, 0) is 12.3 Å². The molecule has 1 rings (SSSR count). The molecule has 0 fully saturated rings. The van der Waals surface area contributed by atoms with E-state index in [4.69, 9.17) is 15.2 Å². The highest BCUT2D eigenvalue weighted by Crippen LogP contribution is 2.42. The van der Waals surface area contributed by atoms with Gasteiger partial charge in [0.25, 0.3) is 0 Å². The summed E-state index contributed by atoms with van der Waals surface area (Å²) < 4.78 is 15.0. The van der Waals surface area contributed by atoms with Gasteiger partial charge in [-0.25, -0.2) is 4.79 Å². The van der Waals surface area contributed by atoms with E-state index in [1.54, 1.807) is 6.07 Å². The van der Waals surface area contributed by atoms with E-state index in [2.05, 4.69) is 4.74 Å². The van der Waals surface area contributed by atoms with E-state index in [0.717, 1.165) is 4.90 Å². The Labute approximate surface area is 104 Å². The molecule has 0 radical (unpaired) electrons. The molecule has 0 aliphatic heterocycles. The summed E-state index contributed by atoms with van der Waals surface area (Å²) in [6.45, 7) is 0. The van der Waals surface area contributed by atoms with Crippen LogP contribution in [-0.4, -0.2) is 33.6 Å². The van der Waals surface area contributed by atoms with Crippen LogP contribution in [0, 0.1) is 0 Å². The van der Waals surface area contributed by atoms with Gasteiger partial charge < -0.3 is 19.9 Å². The molecule has 5 nitrogen and oxygen atoms in total. The van der Waals surface area contributed by atoms with E-state index in [-0.39, 0.29) is 5.56 Å². The molecule has 0 bridgehead atoms. The van der Waals surface area contributed by atoms with Gasteiger partial charge in [0.2, 0.25) is 0 Å². The molecule has 0 aliphatic rings. The van der Waals surface area contributed by atoms with Crippen molar-refractivity contribution in [3.05, 3.63) is 11.6 Å². The standard InChI is InChI=1S/C11H15NO4S/c1-14-7-5-6(11(13)16-3)9(15-2)8(12)10(7)17-4/h5H,12H2,1-4H3. The number of hydrogen-bond donors (Lipinski definition) is 1. The molecule has 0 amide bonds. The fourth-order valence-corrected chi connectivity index (χ4v) is 2.14. The van der Waals surface area contributed by atoms with Gasteiger partial charge in [0, 0.05) is 0 Å². The zero-order chi connectivity index (χ0) is 13.0. The van der Waals surface area contributed by atoms with Crippen molar-refractivity contribution < 1.29 is 19.0 Å². The number of carbonyl (C=O) groups is 1. The second kappa shape index (κ2) is 5.67. The predicted molar refractivity (Wildman–Crippen MR) is 67.1 cm³/mol. The molecule has 0 heterocycles. The summed E-state index contributed by atoms with van der Waals surface area (Å²) in [6, 6.07) is 1.56. The van der Waals surface area contributed by atoms with E-state index < -0.39 is 5.97 Å². The minimum atomic E-state index is -0.514. The maximum absolute atomic E-state index is 11.6. The molecule has 6 heteroatoms. The Kier molecular flexibility index (Phi) is 4.51. The normalized spacial score (nSPS) is 9.88. The van der Waals surface area contributed by atoms with Crippen LogP contribution in [0.4, 0.5) is 5.69 Å². The number of methoxy groups -OCH3 is 3. The van der Waals surface area contributed by atoms with Gasteiger partial charge in [-0.3, -0.25) is 0 Å². The second-order valence-corrected chi connectivity index (χ2v) is 3.91. The Hall–Kier alpha value is -1.56. The average Bonchev–Trinajstić information content (AvgIpc) is 2.36. The van der Waals surface area contributed by atoms with E-state index in [1.807, 2.05) is 6.26 Å². The molecule has 0 aliphatic carbocycles. The predicted octanol–water partition coefficient (Wildman–Crippen LogP) is 1.79. The summed E-state index contributed by atoms with van der Waals surface area (Å²) in [5.41, 5.74) is 6.57. The summed E-state index contributed by atoms with van der Waals surface area (Å²) in [7, 11) is 4.27. The number of rotatable bonds is 4. The zero-order valence-electron chi connectivity index (χ0n) is 10.2. The lowest BCUT2D eigenvalue weighted by Crippen LogP contribution is -2.08. The number of carbonyl (C=O) groups excluding carboxylic acids is 1. The van der Waals surface area contributed by atoms with Crippen LogP contribution >= 0.6 is 11.8 Å². The number of benzene rings is 1. The summed E-state index contributed by atoms with van der Waals surface area (Å²) in [5, 5.41) is 0. The van der Waals surface area contributed by atoms with Gasteiger partial charge in [-0.1, -0.05) is 0 Å². The van der Waals surface area contributed by atoms with Crippen molar-refractivity contribution in [1.29, 1.82) is 0 Å². The molecule has 0 aromatic heterocycles. The molecule has 0 spiro atoms. The summed E-state index contributed by atoms with van der Waals surface area (Å²) >= 11 is 1.42. The van der Waals surface area contributed by atoms with Crippen molar-refractivity contribution in [3.63, 3.8) is 0 Å². The smallest absolute Gasteiger partial charge is 0.341 e. The largest absolute Gasteiger partial charge is 0.495 e. The van der Waals surface area contributed by atoms with Crippen molar-refractivity contribution >= 4 is 23.4 Å². The number of esters is 1. The van der Waals surface area contributed by atoms with E-state index in [1.165, 1.54) is 33.1 Å². The molecule has 1 aromatic carbocycles. The molecule has 0 unspecified atom stereocenters. The first-order valence-electron chi connectivity index (χ1n) is 4.77. The monoisotopic (exact) mass is 257 g/mol. The minimum absolute atomic E-state index is 0.252. The van der Waals surface area contributed by atoms with Crippen LogP contribution < -0.4 is 15.2 Å². The third-order valence-electron chi connectivity index (χ3n) is 2.27. The van der Waals surface area contributed by atoms with Gasteiger partial charge in [0.05, 0.1) is 31.9 Å². The molecular formula is C11H15NO4S. The van der Waals surface area contributed by atoms with Gasteiger partial charge in [-0.15, -0.1) is 11.8 Å². The first-order valence-corrected chi connectivity index (χ1v) is 5.99. The molecule has 1 aromatic rings.